The zero-order valence-electron chi connectivity index (χ0n) is 16.8. The SMILES string of the molecule is O=C(Cc1csc(-c2ccccc2Cl)n1)Nc1ccc(S(=O)(=O)N2CCCCC2)cc1. The Kier molecular flexibility index (Phi) is 6.71. The molecule has 1 aromatic heterocycles. The number of nitrogens with one attached hydrogen (secondary N) is 1. The van der Waals surface area contributed by atoms with E-state index in [9.17, 15) is 13.2 Å². The lowest BCUT2D eigenvalue weighted by Crippen LogP contribution is -2.35. The molecule has 9 heteroatoms. The summed E-state index contributed by atoms with van der Waals surface area (Å²) in [5.74, 6) is -0.220. The molecule has 0 radical (unpaired) electrons. The second kappa shape index (κ2) is 9.48. The predicted molar refractivity (Wildman–Crippen MR) is 124 cm³/mol. The Bertz CT molecular complexity index is 1170. The van der Waals surface area contributed by atoms with Crippen molar-refractivity contribution in [1.82, 2.24) is 9.29 Å². The molecule has 6 nitrogen and oxygen atoms in total. The largest absolute Gasteiger partial charge is 0.326 e. The zero-order chi connectivity index (χ0) is 21.8. The molecule has 2 heterocycles. The van der Waals surface area contributed by atoms with Gasteiger partial charge in [0.2, 0.25) is 15.9 Å². The van der Waals surface area contributed by atoms with Crippen LogP contribution in [0.25, 0.3) is 10.6 Å². The van der Waals surface area contributed by atoms with Gasteiger partial charge in [-0.3, -0.25) is 4.79 Å². The zero-order valence-corrected chi connectivity index (χ0v) is 19.1. The van der Waals surface area contributed by atoms with Gasteiger partial charge in [0.05, 0.1) is 22.0 Å². The van der Waals surface area contributed by atoms with Gasteiger partial charge in [0.15, 0.2) is 0 Å². The predicted octanol–water partition coefficient (Wildman–Crippen LogP) is 4.82. The molecule has 31 heavy (non-hydrogen) atoms. The molecule has 1 N–H and O–H groups in total. The highest BCUT2D eigenvalue weighted by Gasteiger charge is 2.25. The fourth-order valence-corrected chi connectivity index (χ4v) is 6.14. The molecule has 0 aliphatic carbocycles. The van der Waals surface area contributed by atoms with E-state index in [4.69, 9.17) is 11.6 Å². The van der Waals surface area contributed by atoms with E-state index in [1.165, 1.54) is 27.8 Å². The first-order valence-electron chi connectivity index (χ1n) is 10.0. The van der Waals surface area contributed by atoms with Crippen LogP contribution in [0.1, 0.15) is 25.0 Å². The topological polar surface area (TPSA) is 79.4 Å². The first kappa shape index (κ1) is 22.0. The number of thiazole rings is 1. The molecule has 0 spiro atoms. The summed E-state index contributed by atoms with van der Waals surface area (Å²) in [5.41, 5.74) is 2.04. The molecule has 2 aromatic carbocycles. The molecule has 0 atom stereocenters. The van der Waals surface area contributed by atoms with Gasteiger partial charge in [-0.05, 0) is 43.2 Å². The Morgan fingerprint density at radius 1 is 1.06 bits per heavy atom. The molecule has 0 saturated carbocycles. The van der Waals surface area contributed by atoms with Crippen molar-refractivity contribution in [1.29, 1.82) is 0 Å². The first-order valence-corrected chi connectivity index (χ1v) is 12.7. The second-order valence-electron chi connectivity index (χ2n) is 7.34. The van der Waals surface area contributed by atoms with Gasteiger partial charge >= 0.3 is 0 Å². The van der Waals surface area contributed by atoms with Crippen molar-refractivity contribution in [3.05, 3.63) is 64.6 Å². The highest BCUT2D eigenvalue weighted by atomic mass is 35.5. The quantitative estimate of drug-likeness (QED) is 0.554. The smallest absolute Gasteiger partial charge is 0.243 e. The van der Waals surface area contributed by atoms with E-state index >= 15 is 0 Å². The number of piperidine rings is 1. The third-order valence-electron chi connectivity index (χ3n) is 5.09. The number of hydrogen-bond acceptors (Lipinski definition) is 5. The number of nitrogens with zero attached hydrogens (tertiary/aromatic N) is 2. The first-order chi connectivity index (χ1) is 14.9. The summed E-state index contributed by atoms with van der Waals surface area (Å²) in [4.78, 5) is 17.2. The molecular formula is C22H22ClN3O3S2. The van der Waals surface area contributed by atoms with Crippen molar-refractivity contribution in [2.45, 2.75) is 30.6 Å². The van der Waals surface area contributed by atoms with Gasteiger partial charge < -0.3 is 5.32 Å². The molecule has 1 aliphatic rings. The summed E-state index contributed by atoms with van der Waals surface area (Å²) in [5, 5.41) is 6.02. The van der Waals surface area contributed by atoms with Crippen LogP contribution in [0.2, 0.25) is 5.02 Å². The van der Waals surface area contributed by atoms with Crippen molar-refractivity contribution in [2.75, 3.05) is 18.4 Å². The van der Waals surface area contributed by atoms with Crippen LogP contribution >= 0.6 is 22.9 Å². The third kappa shape index (κ3) is 5.15. The lowest BCUT2D eigenvalue weighted by Gasteiger charge is -2.25. The van der Waals surface area contributed by atoms with Gasteiger partial charge in [-0.15, -0.1) is 11.3 Å². The summed E-state index contributed by atoms with van der Waals surface area (Å²) < 4.78 is 27.0. The summed E-state index contributed by atoms with van der Waals surface area (Å²) >= 11 is 7.65. The summed E-state index contributed by atoms with van der Waals surface area (Å²) in [6, 6.07) is 13.8. The van der Waals surface area contributed by atoms with Crippen molar-refractivity contribution >= 4 is 44.6 Å². The van der Waals surface area contributed by atoms with Crippen LogP contribution in [0, 0.1) is 0 Å². The number of carbonyl (C=O) groups is 1. The van der Waals surface area contributed by atoms with Crippen LogP contribution in [0.5, 0.6) is 0 Å². The number of rotatable bonds is 6. The number of sulfonamides is 1. The highest BCUT2D eigenvalue weighted by Crippen LogP contribution is 2.30. The third-order valence-corrected chi connectivity index (χ3v) is 8.26. The molecule has 0 unspecified atom stereocenters. The number of anilines is 1. The van der Waals surface area contributed by atoms with Gasteiger partial charge in [0.1, 0.15) is 5.01 Å². The molecule has 162 valence electrons. The molecule has 1 fully saturated rings. The Hall–Kier alpha value is -2.26. The number of carbonyl (C=O) groups excluding carboxylic acids is 1. The van der Waals surface area contributed by atoms with Crippen LogP contribution in [0.3, 0.4) is 0 Å². The summed E-state index contributed by atoms with van der Waals surface area (Å²) in [6.45, 7) is 1.12. The number of amides is 1. The van der Waals surface area contributed by atoms with Crippen molar-refractivity contribution in [3.63, 3.8) is 0 Å². The minimum Gasteiger partial charge on any atom is -0.326 e. The van der Waals surface area contributed by atoms with Gasteiger partial charge in [-0.25, -0.2) is 13.4 Å². The molecule has 1 saturated heterocycles. The van der Waals surface area contributed by atoms with Gasteiger partial charge in [0, 0.05) is 29.7 Å². The Morgan fingerprint density at radius 3 is 2.48 bits per heavy atom. The molecule has 0 bridgehead atoms. The maximum Gasteiger partial charge on any atom is 0.243 e. The maximum absolute atomic E-state index is 12.7. The molecular weight excluding hydrogens is 454 g/mol. The van der Waals surface area contributed by atoms with Crippen molar-refractivity contribution < 1.29 is 13.2 Å². The van der Waals surface area contributed by atoms with Crippen molar-refractivity contribution in [3.8, 4) is 10.6 Å². The fourth-order valence-electron chi connectivity index (χ4n) is 3.48. The molecule has 1 aliphatic heterocycles. The van der Waals surface area contributed by atoms with Crippen LogP contribution < -0.4 is 5.32 Å². The Balaban J connectivity index is 1.39. The van der Waals surface area contributed by atoms with E-state index < -0.39 is 10.0 Å². The lowest BCUT2D eigenvalue weighted by atomic mass is 10.2. The second-order valence-corrected chi connectivity index (χ2v) is 10.5. The number of hydrogen-bond donors (Lipinski definition) is 1. The van der Waals surface area contributed by atoms with Crippen molar-refractivity contribution in [2.24, 2.45) is 0 Å². The number of aromatic nitrogens is 1. The van der Waals surface area contributed by atoms with Crippen LogP contribution in [-0.2, 0) is 21.2 Å². The van der Waals surface area contributed by atoms with Crippen LogP contribution in [0.4, 0.5) is 5.69 Å². The van der Waals surface area contributed by atoms with Crippen LogP contribution in [-0.4, -0.2) is 36.7 Å². The monoisotopic (exact) mass is 475 g/mol. The van der Waals surface area contributed by atoms with E-state index in [1.54, 1.807) is 18.2 Å². The average Bonchev–Trinajstić information content (AvgIpc) is 3.23. The normalized spacial score (nSPS) is 15.0. The molecule has 4 rings (SSSR count). The maximum atomic E-state index is 12.7. The van der Waals surface area contributed by atoms with E-state index in [0.717, 1.165) is 29.8 Å². The average molecular weight is 476 g/mol. The van der Waals surface area contributed by atoms with Crippen LogP contribution in [0.15, 0.2) is 58.8 Å². The molecule has 3 aromatic rings. The van der Waals surface area contributed by atoms with Gasteiger partial charge in [-0.2, -0.15) is 4.31 Å². The minimum absolute atomic E-state index is 0.120. The Labute approximate surface area is 190 Å². The minimum atomic E-state index is -3.48. The standard InChI is InChI=1S/C22H22ClN3O3S2/c23-20-7-3-2-6-19(20)22-25-17(15-30-22)14-21(27)24-16-8-10-18(11-9-16)31(28,29)26-12-4-1-5-13-26/h2-3,6-11,15H,1,4-5,12-14H2,(H,24,27). The van der Waals surface area contributed by atoms with Gasteiger partial charge in [0.25, 0.3) is 0 Å². The number of benzene rings is 2. The molecule has 1 amide bonds. The fraction of sp³-hybridized carbons (Fsp3) is 0.273. The number of halogens is 1. The lowest BCUT2D eigenvalue weighted by molar-refractivity contribution is -0.115. The van der Waals surface area contributed by atoms with E-state index in [0.29, 0.717) is 29.5 Å². The van der Waals surface area contributed by atoms with E-state index in [-0.39, 0.29) is 17.2 Å². The van der Waals surface area contributed by atoms with E-state index in [2.05, 4.69) is 10.3 Å². The summed E-state index contributed by atoms with van der Waals surface area (Å²) in [7, 11) is -3.48. The summed E-state index contributed by atoms with van der Waals surface area (Å²) in [6.07, 6.45) is 2.97. The van der Waals surface area contributed by atoms with Gasteiger partial charge in [-0.1, -0.05) is 36.2 Å². The van der Waals surface area contributed by atoms with E-state index in [1.807, 2.05) is 23.6 Å². The Morgan fingerprint density at radius 2 is 1.77 bits per heavy atom. The highest BCUT2D eigenvalue weighted by molar-refractivity contribution is 7.89.